The van der Waals surface area contributed by atoms with Crippen molar-refractivity contribution in [2.45, 2.75) is 32.6 Å². The number of aromatic nitrogens is 4. The van der Waals surface area contributed by atoms with Gasteiger partial charge in [-0.3, -0.25) is 14.2 Å². The van der Waals surface area contributed by atoms with E-state index < -0.39 is 0 Å². The number of aromatic amines is 1. The summed E-state index contributed by atoms with van der Waals surface area (Å²) in [7, 11) is 0. The monoisotopic (exact) mass is 350 g/mol. The van der Waals surface area contributed by atoms with Crippen molar-refractivity contribution in [3.05, 3.63) is 61.7 Å². The Kier molecular flexibility index (Phi) is 4.68. The molecule has 0 spiro atoms. The molecule has 0 amide bonds. The maximum absolute atomic E-state index is 11.7. The van der Waals surface area contributed by atoms with E-state index in [0.29, 0.717) is 22.2 Å². The van der Waals surface area contributed by atoms with Gasteiger partial charge < -0.3 is 0 Å². The summed E-state index contributed by atoms with van der Waals surface area (Å²) in [4.78, 5) is 14.4. The summed E-state index contributed by atoms with van der Waals surface area (Å²) in [5.41, 5.74) is 1.86. The Hall–Kier alpha value is -1.85. The molecule has 0 atom stereocenters. The van der Waals surface area contributed by atoms with Gasteiger partial charge in [-0.25, -0.2) is 0 Å². The van der Waals surface area contributed by atoms with E-state index in [-0.39, 0.29) is 5.56 Å². The molecule has 5 nitrogen and oxygen atoms in total. The number of rotatable bonds is 5. The van der Waals surface area contributed by atoms with Crippen LogP contribution in [0, 0.1) is 0 Å². The topological polar surface area (TPSA) is 63.0 Å². The first-order chi connectivity index (χ1) is 11.1. The molecule has 1 aromatic carbocycles. The minimum atomic E-state index is -0.149. The summed E-state index contributed by atoms with van der Waals surface area (Å²) >= 11 is 12.0. The molecule has 0 radical (unpaired) electrons. The molecule has 7 heteroatoms. The fourth-order valence-electron chi connectivity index (χ4n) is 2.61. The standard InChI is InChI=1S/C16H16Cl2N4O/c1-2-3-11-9-15(23)19-16-21-20-14(22(11)16)7-5-10-4-6-12(17)13(18)8-10/h4,6,8-9H,2-3,5,7H2,1H3,(H,19,21,23). The van der Waals surface area contributed by atoms with Crippen LogP contribution in [0.4, 0.5) is 0 Å². The molecule has 0 aliphatic heterocycles. The fraction of sp³-hybridized carbons (Fsp3) is 0.312. The number of aryl methyl sites for hydroxylation is 3. The van der Waals surface area contributed by atoms with Crippen LogP contribution < -0.4 is 5.56 Å². The molecule has 0 bridgehead atoms. The second-order valence-electron chi connectivity index (χ2n) is 5.40. The summed E-state index contributed by atoms with van der Waals surface area (Å²) < 4.78 is 1.93. The number of nitrogens with zero attached hydrogens (tertiary/aromatic N) is 3. The molecule has 0 unspecified atom stereocenters. The Bertz CT molecular complexity index is 901. The third-order valence-electron chi connectivity index (χ3n) is 3.68. The zero-order valence-corrected chi connectivity index (χ0v) is 14.2. The quantitative estimate of drug-likeness (QED) is 0.766. The van der Waals surface area contributed by atoms with Crippen molar-refractivity contribution in [2.75, 3.05) is 0 Å². The first-order valence-corrected chi connectivity index (χ1v) is 8.24. The summed E-state index contributed by atoms with van der Waals surface area (Å²) in [5, 5.41) is 9.39. The molecule has 3 rings (SSSR count). The summed E-state index contributed by atoms with van der Waals surface area (Å²) in [6, 6.07) is 7.22. The number of benzene rings is 1. The van der Waals surface area contributed by atoms with Gasteiger partial charge in [0.25, 0.3) is 5.56 Å². The van der Waals surface area contributed by atoms with Crippen LogP contribution in [0.5, 0.6) is 0 Å². The van der Waals surface area contributed by atoms with E-state index >= 15 is 0 Å². The lowest BCUT2D eigenvalue weighted by molar-refractivity contribution is 0.785. The minimum Gasteiger partial charge on any atom is -0.291 e. The van der Waals surface area contributed by atoms with Crippen molar-refractivity contribution in [3.8, 4) is 0 Å². The average Bonchev–Trinajstić information content (AvgIpc) is 2.92. The Balaban J connectivity index is 1.90. The number of halogens is 2. The van der Waals surface area contributed by atoms with E-state index in [1.54, 1.807) is 12.1 Å². The molecule has 0 aliphatic carbocycles. The van der Waals surface area contributed by atoms with Crippen molar-refractivity contribution >= 4 is 29.0 Å². The van der Waals surface area contributed by atoms with Crippen LogP contribution in [-0.2, 0) is 19.3 Å². The first-order valence-electron chi connectivity index (χ1n) is 7.48. The van der Waals surface area contributed by atoms with Crippen molar-refractivity contribution in [1.82, 2.24) is 19.6 Å². The molecule has 0 fully saturated rings. The predicted molar refractivity (Wildman–Crippen MR) is 91.5 cm³/mol. The summed E-state index contributed by atoms with van der Waals surface area (Å²) in [6.07, 6.45) is 3.21. The molecule has 0 saturated carbocycles. The number of nitrogens with one attached hydrogen (secondary N) is 1. The number of H-pyrrole nitrogens is 1. The van der Waals surface area contributed by atoms with Crippen LogP contribution in [0.3, 0.4) is 0 Å². The van der Waals surface area contributed by atoms with Gasteiger partial charge in [0.1, 0.15) is 5.82 Å². The zero-order chi connectivity index (χ0) is 16.4. The second kappa shape index (κ2) is 6.72. The Morgan fingerprint density at radius 1 is 1.09 bits per heavy atom. The summed E-state index contributed by atoms with van der Waals surface area (Å²) in [6.45, 7) is 2.08. The molecule has 3 aromatic rings. The highest BCUT2D eigenvalue weighted by molar-refractivity contribution is 6.42. The molecule has 2 heterocycles. The molecular weight excluding hydrogens is 335 g/mol. The SMILES string of the molecule is CCCc1cc(=O)[nH]c2nnc(CCc3ccc(Cl)c(Cl)c3)n12. The molecule has 2 aromatic heterocycles. The summed E-state index contributed by atoms with van der Waals surface area (Å²) in [5.74, 6) is 1.32. The molecule has 0 aliphatic rings. The molecule has 23 heavy (non-hydrogen) atoms. The largest absolute Gasteiger partial charge is 0.291 e. The van der Waals surface area contributed by atoms with E-state index in [2.05, 4.69) is 22.1 Å². The van der Waals surface area contributed by atoms with Gasteiger partial charge in [0, 0.05) is 18.2 Å². The molecule has 120 valence electrons. The van der Waals surface area contributed by atoms with Crippen LogP contribution in [0.2, 0.25) is 10.0 Å². The lowest BCUT2D eigenvalue weighted by atomic mass is 10.1. The third kappa shape index (κ3) is 3.41. The number of hydrogen-bond acceptors (Lipinski definition) is 3. The highest BCUT2D eigenvalue weighted by atomic mass is 35.5. The van der Waals surface area contributed by atoms with Crippen molar-refractivity contribution in [3.63, 3.8) is 0 Å². The number of hydrogen-bond donors (Lipinski definition) is 1. The third-order valence-corrected chi connectivity index (χ3v) is 4.42. The fourth-order valence-corrected chi connectivity index (χ4v) is 2.94. The predicted octanol–water partition coefficient (Wildman–Crippen LogP) is 3.46. The second-order valence-corrected chi connectivity index (χ2v) is 6.21. The average molecular weight is 351 g/mol. The van der Waals surface area contributed by atoms with E-state index in [9.17, 15) is 4.79 Å². The van der Waals surface area contributed by atoms with Crippen molar-refractivity contribution in [1.29, 1.82) is 0 Å². The van der Waals surface area contributed by atoms with Crippen LogP contribution in [-0.4, -0.2) is 19.6 Å². The van der Waals surface area contributed by atoms with Crippen molar-refractivity contribution in [2.24, 2.45) is 0 Å². The molecular formula is C16H16Cl2N4O. The maximum Gasteiger partial charge on any atom is 0.252 e. The van der Waals surface area contributed by atoms with E-state index in [1.165, 1.54) is 0 Å². The van der Waals surface area contributed by atoms with E-state index in [0.717, 1.165) is 36.3 Å². The Morgan fingerprint density at radius 3 is 2.65 bits per heavy atom. The van der Waals surface area contributed by atoms with Gasteiger partial charge in [0.15, 0.2) is 0 Å². The number of fused-ring (bicyclic) bond motifs is 1. The first kappa shape index (κ1) is 16.0. The van der Waals surface area contributed by atoms with Gasteiger partial charge in [0.05, 0.1) is 10.0 Å². The van der Waals surface area contributed by atoms with Crippen molar-refractivity contribution < 1.29 is 0 Å². The van der Waals surface area contributed by atoms with Gasteiger partial charge in [-0.1, -0.05) is 42.6 Å². The zero-order valence-electron chi connectivity index (χ0n) is 12.6. The highest BCUT2D eigenvalue weighted by Crippen LogP contribution is 2.23. The van der Waals surface area contributed by atoms with Gasteiger partial charge in [0.2, 0.25) is 5.78 Å². The van der Waals surface area contributed by atoms with Gasteiger partial charge in [-0.05, 0) is 30.5 Å². The van der Waals surface area contributed by atoms with E-state index in [4.69, 9.17) is 23.2 Å². The lowest BCUT2D eigenvalue weighted by Crippen LogP contribution is -2.13. The molecule has 0 saturated heterocycles. The highest BCUT2D eigenvalue weighted by Gasteiger charge is 2.11. The van der Waals surface area contributed by atoms with Gasteiger partial charge >= 0.3 is 0 Å². The Morgan fingerprint density at radius 2 is 1.91 bits per heavy atom. The van der Waals surface area contributed by atoms with Gasteiger partial charge in [-0.15, -0.1) is 10.2 Å². The normalized spacial score (nSPS) is 11.3. The van der Waals surface area contributed by atoms with E-state index in [1.807, 2.05) is 16.5 Å². The molecule has 1 N–H and O–H groups in total. The van der Waals surface area contributed by atoms with Crippen LogP contribution in [0.25, 0.3) is 5.78 Å². The van der Waals surface area contributed by atoms with Crippen LogP contribution in [0.1, 0.15) is 30.4 Å². The smallest absolute Gasteiger partial charge is 0.252 e. The minimum absolute atomic E-state index is 0.149. The maximum atomic E-state index is 11.7. The van der Waals surface area contributed by atoms with Crippen LogP contribution in [0.15, 0.2) is 29.1 Å². The van der Waals surface area contributed by atoms with Gasteiger partial charge in [-0.2, -0.15) is 0 Å². The Labute approximate surface area is 143 Å². The lowest BCUT2D eigenvalue weighted by Gasteiger charge is -2.07. The van der Waals surface area contributed by atoms with Crippen LogP contribution >= 0.6 is 23.2 Å².